The number of halogens is 2. The van der Waals surface area contributed by atoms with E-state index in [0.717, 1.165) is 35.5 Å². The van der Waals surface area contributed by atoms with Gasteiger partial charge in [0.05, 0.1) is 47.4 Å². The van der Waals surface area contributed by atoms with Crippen molar-refractivity contribution in [2.24, 2.45) is 0 Å². The zero-order chi connectivity index (χ0) is 20.7. The Hall–Kier alpha value is -2.67. The third-order valence-corrected chi connectivity index (χ3v) is 5.72. The lowest BCUT2D eigenvalue weighted by Gasteiger charge is -2.18. The molecular weight excluding hydrogens is 395 g/mol. The second-order valence-electron chi connectivity index (χ2n) is 7.26. The van der Waals surface area contributed by atoms with Crippen LogP contribution < -0.4 is 4.74 Å². The number of aryl methyl sites for hydroxylation is 2. The average Bonchev–Trinajstić information content (AvgIpc) is 3.25. The minimum atomic E-state index is -0.428. The first-order valence-electron chi connectivity index (χ1n) is 9.65. The van der Waals surface area contributed by atoms with Crippen LogP contribution in [0.25, 0.3) is 5.65 Å². The maximum atomic E-state index is 13.7. The van der Waals surface area contributed by atoms with Crippen molar-refractivity contribution in [3.63, 3.8) is 0 Å². The fourth-order valence-electron chi connectivity index (χ4n) is 3.55. The van der Waals surface area contributed by atoms with Gasteiger partial charge in [-0.3, -0.25) is 4.79 Å². The maximum Gasteiger partial charge on any atom is 0.258 e. The number of unbranched alkanes of at least 4 members (excludes halogenated alkanes) is 1. The normalized spacial score (nSPS) is 13.2. The summed E-state index contributed by atoms with van der Waals surface area (Å²) in [4.78, 5) is 19.4. The number of ether oxygens (including phenoxy) is 1. The van der Waals surface area contributed by atoms with Crippen LogP contribution in [0.2, 0.25) is 5.02 Å². The van der Waals surface area contributed by atoms with Crippen molar-refractivity contribution in [2.45, 2.75) is 46.7 Å². The van der Waals surface area contributed by atoms with Gasteiger partial charge in [-0.2, -0.15) is 5.10 Å². The monoisotopic (exact) mass is 416 g/mol. The predicted octanol–water partition coefficient (Wildman–Crippen LogP) is 4.47. The van der Waals surface area contributed by atoms with E-state index < -0.39 is 5.82 Å². The van der Waals surface area contributed by atoms with Gasteiger partial charge in [-0.1, -0.05) is 24.9 Å². The number of amides is 1. The van der Waals surface area contributed by atoms with Crippen LogP contribution in [0, 0.1) is 19.7 Å². The highest BCUT2D eigenvalue weighted by Crippen LogP contribution is 2.31. The number of hydrogen-bond acceptors (Lipinski definition) is 4. The Kier molecular flexibility index (Phi) is 5.17. The zero-order valence-electron chi connectivity index (χ0n) is 16.6. The van der Waals surface area contributed by atoms with Crippen LogP contribution in [0.15, 0.2) is 18.2 Å². The summed E-state index contributed by atoms with van der Waals surface area (Å²) in [6, 6.07) is 4.03. The van der Waals surface area contributed by atoms with E-state index in [1.54, 1.807) is 9.42 Å². The van der Waals surface area contributed by atoms with Gasteiger partial charge in [0.2, 0.25) is 0 Å². The summed E-state index contributed by atoms with van der Waals surface area (Å²) in [7, 11) is 0. The summed E-state index contributed by atoms with van der Waals surface area (Å²) in [5.74, 6) is -0.365. The lowest BCUT2D eigenvalue weighted by atomic mass is 10.1. The molecule has 3 heterocycles. The first kappa shape index (κ1) is 19.6. The molecule has 6 nitrogen and oxygen atoms in total. The van der Waals surface area contributed by atoms with E-state index in [0.29, 0.717) is 35.9 Å². The van der Waals surface area contributed by atoms with E-state index in [9.17, 15) is 9.18 Å². The molecule has 0 saturated carbocycles. The molecule has 29 heavy (non-hydrogen) atoms. The number of carbonyl (C=O) groups excluding carboxylic acids is 1. The molecule has 152 valence electrons. The van der Waals surface area contributed by atoms with E-state index in [-0.39, 0.29) is 11.7 Å². The molecule has 0 radical (unpaired) electrons. The summed E-state index contributed by atoms with van der Waals surface area (Å²) in [5.41, 5.74) is 4.34. The van der Waals surface area contributed by atoms with Crippen molar-refractivity contribution in [1.82, 2.24) is 19.5 Å². The highest BCUT2D eigenvalue weighted by molar-refractivity contribution is 6.31. The minimum Gasteiger partial charge on any atom is -0.493 e. The Balaban J connectivity index is 1.62. The molecule has 0 N–H and O–H groups in total. The Labute approximate surface area is 173 Å². The molecule has 1 aliphatic rings. The highest BCUT2D eigenvalue weighted by Gasteiger charge is 2.31. The number of carbonyl (C=O) groups is 1. The Bertz CT molecular complexity index is 1110. The summed E-state index contributed by atoms with van der Waals surface area (Å²) in [6.45, 7) is 6.98. The molecule has 0 saturated heterocycles. The number of rotatable bonds is 5. The van der Waals surface area contributed by atoms with Crippen molar-refractivity contribution < 1.29 is 13.9 Å². The smallest absolute Gasteiger partial charge is 0.258 e. The fourth-order valence-corrected chi connectivity index (χ4v) is 3.67. The Morgan fingerprint density at radius 1 is 1.31 bits per heavy atom. The third kappa shape index (κ3) is 3.44. The molecule has 2 aromatic heterocycles. The largest absolute Gasteiger partial charge is 0.493 e. The van der Waals surface area contributed by atoms with Gasteiger partial charge >= 0.3 is 0 Å². The molecule has 4 rings (SSSR count). The van der Waals surface area contributed by atoms with Crippen molar-refractivity contribution in [3.05, 3.63) is 57.2 Å². The van der Waals surface area contributed by atoms with Gasteiger partial charge in [-0.25, -0.2) is 13.9 Å². The Morgan fingerprint density at radius 2 is 2.10 bits per heavy atom. The lowest BCUT2D eigenvalue weighted by Crippen LogP contribution is -2.26. The second-order valence-corrected chi connectivity index (χ2v) is 7.64. The van der Waals surface area contributed by atoms with Gasteiger partial charge in [-0.05, 0) is 32.4 Å². The topological polar surface area (TPSA) is 59.7 Å². The van der Waals surface area contributed by atoms with E-state index in [2.05, 4.69) is 10.1 Å². The molecule has 1 aromatic carbocycles. The van der Waals surface area contributed by atoms with Gasteiger partial charge in [0.1, 0.15) is 11.6 Å². The lowest BCUT2D eigenvalue weighted by molar-refractivity contribution is 0.0745. The maximum absolute atomic E-state index is 13.7. The molecule has 3 aromatic rings. The van der Waals surface area contributed by atoms with Crippen molar-refractivity contribution in [1.29, 1.82) is 0 Å². The molecular formula is C21H22ClFN4O2. The summed E-state index contributed by atoms with van der Waals surface area (Å²) < 4.78 is 21.1. The molecule has 0 fully saturated rings. The van der Waals surface area contributed by atoms with Gasteiger partial charge in [0.25, 0.3) is 5.91 Å². The van der Waals surface area contributed by atoms with Crippen molar-refractivity contribution in [2.75, 3.05) is 6.61 Å². The fraction of sp³-hybridized carbons (Fsp3) is 0.381. The van der Waals surface area contributed by atoms with Crippen LogP contribution in [-0.2, 0) is 13.1 Å². The molecule has 1 aliphatic heterocycles. The van der Waals surface area contributed by atoms with E-state index in [1.165, 1.54) is 18.2 Å². The van der Waals surface area contributed by atoms with Crippen LogP contribution in [-0.4, -0.2) is 32.0 Å². The van der Waals surface area contributed by atoms with E-state index >= 15 is 0 Å². The van der Waals surface area contributed by atoms with Crippen molar-refractivity contribution >= 4 is 23.2 Å². The third-order valence-electron chi connectivity index (χ3n) is 5.17. The van der Waals surface area contributed by atoms with Gasteiger partial charge < -0.3 is 9.64 Å². The molecule has 1 amide bonds. The number of fused-ring (bicyclic) bond motifs is 3. The average molecular weight is 417 g/mol. The van der Waals surface area contributed by atoms with E-state index in [4.69, 9.17) is 16.3 Å². The number of nitrogens with zero attached hydrogens (tertiary/aromatic N) is 4. The summed E-state index contributed by atoms with van der Waals surface area (Å²) in [5, 5.41) is 5.19. The highest BCUT2D eigenvalue weighted by atomic mass is 35.5. The number of aromatic nitrogens is 3. The standard InChI is InChI=1S/C21H22ClFN4O2/c1-4-5-8-29-18-9-14(23)6-7-15(18)21(28)26-10-16-17(11-26)25-27-13(3)19(22)12(2)24-20(16)27/h6-7,9H,4-5,8,10-11H2,1-3H3. The summed E-state index contributed by atoms with van der Waals surface area (Å²) >= 11 is 6.29. The van der Waals surface area contributed by atoms with Gasteiger partial charge in [0.15, 0.2) is 5.65 Å². The molecule has 0 aliphatic carbocycles. The Morgan fingerprint density at radius 3 is 2.86 bits per heavy atom. The molecule has 0 atom stereocenters. The first-order valence-corrected chi connectivity index (χ1v) is 10.0. The van der Waals surface area contributed by atoms with Crippen LogP contribution in [0.5, 0.6) is 5.75 Å². The summed E-state index contributed by atoms with van der Waals surface area (Å²) in [6.07, 6.45) is 1.79. The minimum absolute atomic E-state index is 0.213. The van der Waals surface area contributed by atoms with Crippen LogP contribution in [0.3, 0.4) is 0 Å². The van der Waals surface area contributed by atoms with Crippen molar-refractivity contribution in [3.8, 4) is 5.75 Å². The van der Waals surface area contributed by atoms with Crippen LogP contribution >= 0.6 is 11.6 Å². The molecule has 0 unspecified atom stereocenters. The van der Waals surface area contributed by atoms with Gasteiger partial charge in [0, 0.05) is 11.6 Å². The number of benzene rings is 1. The second kappa shape index (κ2) is 7.63. The quantitative estimate of drug-likeness (QED) is 0.575. The van der Waals surface area contributed by atoms with Crippen LogP contribution in [0.1, 0.15) is 52.8 Å². The number of hydrogen-bond donors (Lipinski definition) is 0. The predicted molar refractivity (Wildman–Crippen MR) is 108 cm³/mol. The van der Waals surface area contributed by atoms with E-state index in [1.807, 2.05) is 20.8 Å². The first-order chi connectivity index (χ1) is 13.9. The van der Waals surface area contributed by atoms with Crippen LogP contribution in [0.4, 0.5) is 4.39 Å². The SMILES string of the molecule is CCCCOc1cc(F)ccc1C(=O)N1Cc2nn3c(C)c(Cl)c(C)nc3c2C1. The molecule has 0 spiro atoms. The van der Waals surface area contributed by atoms with Gasteiger partial charge in [-0.15, -0.1) is 0 Å². The zero-order valence-corrected chi connectivity index (χ0v) is 17.4. The molecule has 8 heteroatoms. The molecule has 0 bridgehead atoms.